The van der Waals surface area contributed by atoms with Gasteiger partial charge < -0.3 is 20.3 Å². The Morgan fingerprint density at radius 2 is 2.26 bits per heavy atom. The third-order valence-electron chi connectivity index (χ3n) is 3.58. The largest absolute Gasteiger partial charge is 0.374 e. The van der Waals surface area contributed by atoms with E-state index < -0.39 is 0 Å². The molecule has 0 aromatic carbocycles. The van der Waals surface area contributed by atoms with Crippen LogP contribution in [-0.2, 0) is 4.74 Å². The number of thioether (sulfide) groups is 1. The number of hydrogen-bond acceptors (Lipinski definition) is 4. The van der Waals surface area contributed by atoms with Crippen LogP contribution in [0.3, 0.4) is 0 Å². The van der Waals surface area contributed by atoms with E-state index in [4.69, 9.17) is 4.74 Å². The fourth-order valence-corrected chi connectivity index (χ4v) is 3.64. The van der Waals surface area contributed by atoms with E-state index in [1.54, 1.807) is 0 Å². The van der Waals surface area contributed by atoms with Crippen LogP contribution in [0.25, 0.3) is 0 Å². The maximum atomic E-state index is 5.73. The third kappa shape index (κ3) is 5.20. The molecule has 2 rings (SSSR count). The molecular weight excluding hydrogens is 260 g/mol. The van der Waals surface area contributed by atoms with Gasteiger partial charge in [0.05, 0.1) is 12.7 Å². The number of hydrogen-bond donors (Lipinski definition) is 2. The molecule has 2 N–H and O–H groups in total. The van der Waals surface area contributed by atoms with Gasteiger partial charge in [-0.2, -0.15) is 11.8 Å². The van der Waals surface area contributed by atoms with Gasteiger partial charge >= 0.3 is 0 Å². The van der Waals surface area contributed by atoms with E-state index in [1.165, 1.54) is 18.6 Å². The van der Waals surface area contributed by atoms with Gasteiger partial charge in [-0.05, 0) is 25.6 Å². The topological polar surface area (TPSA) is 48.9 Å². The van der Waals surface area contributed by atoms with Crippen molar-refractivity contribution in [1.29, 1.82) is 0 Å². The molecule has 0 aliphatic carbocycles. The number of nitrogens with one attached hydrogen (secondary N) is 2. The van der Waals surface area contributed by atoms with Gasteiger partial charge in [-0.25, -0.2) is 0 Å². The summed E-state index contributed by atoms with van der Waals surface area (Å²) in [5.41, 5.74) is 0. The molecule has 2 atom stereocenters. The number of aliphatic imine (C=N–C) groups is 1. The first kappa shape index (κ1) is 14.9. The molecule has 0 spiro atoms. The van der Waals surface area contributed by atoms with Crippen molar-refractivity contribution in [1.82, 2.24) is 15.5 Å². The Balaban J connectivity index is 1.64. The molecular formula is C13H26N4OS. The van der Waals surface area contributed by atoms with Crippen LogP contribution in [-0.4, -0.2) is 74.8 Å². The Kier molecular flexibility index (Phi) is 6.26. The van der Waals surface area contributed by atoms with Gasteiger partial charge in [-0.1, -0.05) is 0 Å². The molecule has 6 heteroatoms. The minimum atomic E-state index is 0.262. The van der Waals surface area contributed by atoms with Gasteiger partial charge in [0, 0.05) is 38.5 Å². The molecule has 19 heavy (non-hydrogen) atoms. The summed E-state index contributed by atoms with van der Waals surface area (Å²) in [4.78, 5) is 6.58. The molecule has 2 heterocycles. The van der Waals surface area contributed by atoms with Crippen LogP contribution in [0.2, 0.25) is 0 Å². The molecule has 0 radical (unpaired) electrons. The zero-order valence-corrected chi connectivity index (χ0v) is 12.8. The maximum Gasteiger partial charge on any atom is 0.191 e. The molecule has 2 aliphatic rings. The number of morpholine rings is 1. The van der Waals surface area contributed by atoms with Crippen molar-refractivity contribution in [2.45, 2.75) is 24.2 Å². The summed E-state index contributed by atoms with van der Waals surface area (Å²) in [5.74, 6) is 2.20. The van der Waals surface area contributed by atoms with Gasteiger partial charge in [0.25, 0.3) is 0 Å². The van der Waals surface area contributed by atoms with E-state index in [0.29, 0.717) is 0 Å². The van der Waals surface area contributed by atoms with E-state index in [1.807, 2.05) is 7.05 Å². The van der Waals surface area contributed by atoms with Crippen molar-refractivity contribution in [3.05, 3.63) is 0 Å². The van der Waals surface area contributed by atoms with Crippen molar-refractivity contribution in [2.75, 3.05) is 52.6 Å². The lowest BCUT2D eigenvalue weighted by Crippen LogP contribution is -2.49. The van der Waals surface area contributed by atoms with Crippen LogP contribution in [0.1, 0.15) is 12.8 Å². The van der Waals surface area contributed by atoms with Crippen molar-refractivity contribution in [2.24, 2.45) is 4.99 Å². The van der Waals surface area contributed by atoms with E-state index in [0.717, 1.165) is 44.0 Å². The average Bonchev–Trinajstić information content (AvgIpc) is 2.92. The van der Waals surface area contributed by atoms with Gasteiger partial charge in [0.2, 0.25) is 0 Å². The Labute approximate surface area is 120 Å². The van der Waals surface area contributed by atoms with Crippen molar-refractivity contribution in [3.63, 3.8) is 0 Å². The Morgan fingerprint density at radius 1 is 1.42 bits per heavy atom. The lowest BCUT2D eigenvalue weighted by atomic mass is 10.2. The lowest BCUT2D eigenvalue weighted by molar-refractivity contribution is -0.0161. The van der Waals surface area contributed by atoms with Gasteiger partial charge in [-0.15, -0.1) is 0 Å². The van der Waals surface area contributed by atoms with Gasteiger partial charge in [0.15, 0.2) is 5.96 Å². The minimum absolute atomic E-state index is 0.262. The predicted octanol–water partition coefficient (Wildman–Crippen LogP) is 0.378. The molecule has 0 aromatic rings. The van der Waals surface area contributed by atoms with Crippen LogP contribution in [0.4, 0.5) is 0 Å². The summed E-state index contributed by atoms with van der Waals surface area (Å²) in [6, 6.07) is 0. The van der Waals surface area contributed by atoms with Gasteiger partial charge in [-0.3, -0.25) is 4.99 Å². The fourth-order valence-electron chi connectivity index (χ4n) is 2.44. The highest BCUT2D eigenvalue weighted by Crippen LogP contribution is 2.25. The number of ether oxygens (including phenoxy) is 1. The number of guanidine groups is 1. The minimum Gasteiger partial charge on any atom is -0.374 e. The van der Waals surface area contributed by atoms with Crippen molar-refractivity contribution in [3.8, 4) is 0 Å². The van der Waals surface area contributed by atoms with E-state index >= 15 is 0 Å². The van der Waals surface area contributed by atoms with Crippen LogP contribution in [0.5, 0.6) is 0 Å². The molecule has 2 unspecified atom stereocenters. The molecule has 0 saturated carbocycles. The van der Waals surface area contributed by atoms with Crippen LogP contribution in [0.15, 0.2) is 4.99 Å². The first-order valence-electron chi connectivity index (χ1n) is 7.14. The van der Waals surface area contributed by atoms with Crippen LogP contribution >= 0.6 is 11.8 Å². The van der Waals surface area contributed by atoms with E-state index in [2.05, 4.69) is 39.3 Å². The zero-order valence-electron chi connectivity index (χ0n) is 12.0. The average molecular weight is 286 g/mol. The SMILES string of the molecule is CN=C(NCC1CN(C)CCO1)NCC1CCCS1. The normalized spacial score (nSPS) is 29.5. The zero-order chi connectivity index (χ0) is 13.5. The molecule has 2 aliphatic heterocycles. The van der Waals surface area contributed by atoms with Crippen LogP contribution in [0, 0.1) is 0 Å². The highest BCUT2D eigenvalue weighted by molar-refractivity contribution is 8.00. The quantitative estimate of drug-likeness (QED) is 0.578. The summed E-state index contributed by atoms with van der Waals surface area (Å²) >= 11 is 2.06. The molecule has 2 saturated heterocycles. The van der Waals surface area contributed by atoms with Gasteiger partial charge in [0.1, 0.15) is 0 Å². The maximum absolute atomic E-state index is 5.73. The number of likely N-dealkylation sites (N-methyl/N-ethyl adjacent to an activating group) is 1. The highest BCUT2D eigenvalue weighted by atomic mass is 32.2. The monoisotopic (exact) mass is 286 g/mol. The summed E-state index contributed by atoms with van der Waals surface area (Å²) in [6.45, 7) is 4.68. The second-order valence-electron chi connectivity index (χ2n) is 5.22. The molecule has 0 aromatic heterocycles. The molecule has 0 amide bonds. The summed E-state index contributed by atoms with van der Waals surface area (Å²) < 4.78 is 5.73. The van der Waals surface area contributed by atoms with E-state index in [9.17, 15) is 0 Å². The van der Waals surface area contributed by atoms with E-state index in [-0.39, 0.29) is 6.10 Å². The Hall–Kier alpha value is -0.460. The first-order chi connectivity index (χ1) is 9.28. The Bertz CT molecular complexity index is 294. The summed E-state index contributed by atoms with van der Waals surface area (Å²) in [6.07, 6.45) is 2.94. The highest BCUT2D eigenvalue weighted by Gasteiger charge is 2.18. The summed E-state index contributed by atoms with van der Waals surface area (Å²) in [5, 5.41) is 7.52. The molecule has 0 bridgehead atoms. The lowest BCUT2D eigenvalue weighted by Gasteiger charge is -2.30. The second kappa shape index (κ2) is 7.97. The molecule has 5 nitrogen and oxygen atoms in total. The molecule has 110 valence electrons. The number of nitrogens with zero attached hydrogens (tertiary/aromatic N) is 2. The fraction of sp³-hybridized carbons (Fsp3) is 0.923. The molecule has 2 fully saturated rings. The standard InChI is InChI=1S/C13H26N4OS/c1-14-13(16-9-12-4-3-7-19-12)15-8-11-10-17(2)5-6-18-11/h11-12H,3-10H2,1-2H3,(H2,14,15,16). The second-order valence-corrected chi connectivity index (χ2v) is 6.63. The van der Waals surface area contributed by atoms with Crippen molar-refractivity contribution < 1.29 is 4.74 Å². The first-order valence-corrected chi connectivity index (χ1v) is 8.19. The number of rotatable bonds is 4. The summed E-state index contributed by atoms with van der Waals surface area (Å²) in [7, 11) is 3.96. The predicted molar refractivity (Wildman–Crippen MR) is 82.1 cm³/mol. The smallest absolute Gasteiger partial charge is 0.191 e. The van der Waals surface area contributed by atoms with Crippen LogP contribution < -0.4 is 10.6 Å². The Morgan fingerprint density at radius 3 is 2.95 bits per heavy atom. The van der Waals surface area contributed by atoms with Crippen molar-refractivity contribution >= 4 is 17.7 Å². The third-order valence-corrected chi connectivity index (χ3v) is 4.98.